The van der Waals surface area contributed by atoms with Crippen LogP contribution in [0.15, 0.2) is 84.8 Å². The number of carbonyl (C=O) groups excluding carboxylic acids is 2. The van der Waals surface area contributed by atoms with Gasteiger partial charge in [-0.25, -0.2) is 4.98 Å². The third-order valence-electron chi connectivity index (χ3n) is 5.83. The molecule has 0 unspecified atom stereocenters. The number of fused-ring (bicyclic) bond motifs is 1. The molecule has 5 rings (SSSR count). The van der Waals surface area contributed by atoms with Gasteiger partial charge in [-0.1, -0.05) is 48.5 Å². The van der Waals surface area contributed by atoms with Crippen molar-refractivity contribution in [3.05, 3.63) is 90.3 Å². The fourth-order valence-corrected chi connectivity index (χ4v) is 4.08. The minimum absolute atomic E-state index is 0.0328. The summed E-state index contributed by atoms with van der Waals surface area (Å²) in [4.78, 5) is 36.3. The number of hydrogen-bond acceptors (Lipinski definition) is 5. The smallest absolute Gasteiger partial charge is 0.294 e. The summed E-state index contributed by atoms with van der Waals surface area (Å²) < 4.78 is 5.90. The minimum Gasteiger partial charge on any atom is -0.449 e. The summed E-state index contributed by atoms with van der Waals surface area (Å²) in [6, 6.07) is 22.7. The number of carbonyl (C=O) groups is 2. The van der Waals surface area contributed by atoms with Crippen molar-refractivity contribution in [3.8, 4) is 5.75 Å². The number of pyridine rings is 1. The van der Waals surface area contributed by atoms with Gasteiger partial charge in [0.05, 0.1) is 5.69 Å². The molecule has 7 heteroatoms. The molecular weight excluding hydrogens is 416 g/mol. The Bertz CT molecular complexity index is 1170. The highest BCUT2D eigenvalue weighted by molar-refractivity contribution is 6.12. The van der Waals surface area contributed by atoms with Crippen LogP contribution in [0.2, 0.25) is 0 Å². The number of benzene rings is 2. The van der Waals surface area contributed by atoms with Gasteiger partial charge in [-0.3, -0.25) is 14.5 Å². The van der Waals surface area contributed by atoms with Gasteiger partial charge in [0.15, 0.2) is 11.5 Å². The molecule has 1 aromatic heterocycles. The van der Waals surface area contributed by atoms with E-state index in [-0.39, 0.29) is 24.1 Å². The highest BCUT2D eigenvalue weighted by Gasteiger charge is 2.33. The molecule has 2 amide bonds. The quantitative estimate of drug-likeness (QED) is 0.583. The van der Waals surface area contributed by atoms with Gasteiger partial charge in [0.2, 0.25) is 5.91 Å². The maximum atomic E-state index is 13.3. The molecular formula is C26H24N4O3. The molecule has 0 N–H and O–H groups in total. The molecule has 0 spiro atoms. The molecule has 0 aliphatic carbocycles. The second-order valence-corrected chi connectivity index (χ2v) is 7.94. The average Bonchev–Trinajstić information content (AvgIpc) is 2.87. The van der Waals surface area contributed by atoms with E-state index in [9.17, 15) is 9.59 Å². The Hall–Kier alpha value is -4.13. The van der Waals surface area contributed by atoms with Crippen LogP contribution >= 0.6 is 0 Å². The van der Waals surface area contributed by atoms with Gasteiger partial charge in [0, 0.05) is 32.4 Å². The molecule has 7 nitrogen and oxygen atoms in total. The summed E-state index contributed by atoms with van der Waals surface area (Å²) in [5, 5.41) is 0. The topological polar surface area (TPSA) is 66.0 Å². The number of para-hydroxylation sites is 2. The summed E-state index contributed by atoms with van der Waals surface area (Å²) in [6.07, 6.45) is 3.48. The molecule has 33 heavy (non-hydrogen) atoms. The molecule has 2 aromatic carbocycles. The zero-order valence-corrected chi connectivity index (χ0v) is 18.1. The molecule has 3 aromatic rings. The number of anilines is 2. The van der Waals surface area contributed by atoms with Gasteiger partial charge in [0.25, 0.3) is 5.91 Å². The molecule has 0 radical (unpaired) electrons. The standard InChI is InChI=1S/C26H24N4O3/c31-25(29-16-14-28(15-17-29)24-12-6-7-13-27-24)19-30-21-10-4-5-11-22(21)33-23(26(30)32)18-20-8-2-1-3-9-20/h1-13,18H,14-17,19H2. The third kappa shape index (κ3) is 4.43. The van der Waals surface area contributed by atoms with E-state index in [0.717, 1.165) is 11.4 Å². The Morgan fingerprint density at radius 2 is 1.64 bits per heavy atom. The highest BCUT2D eigenvalue weighted by Crippen LogP contribution is 2.35. The highest BCUT2D eigenvalue weighted by atomic mass is 16.5. The molecule has 0 saturated carbocycles. The first-order valence-electron chi connectivity index (χ1n) is 11.0. The summed E-state index contributed by atoms with van der Waals surface area (Å²) in [7, 11) is 0. The first-order chi connectivity index (χ1) is 16.2. The van der Waals surface area contributed by atoms with Crippen LogP contribution in [0, 0.1) is 0 Å². The van der Waals surface area contributed by atoms with Gasteiger partial charge < -0.3 is 14.5 Å². The monoisotopic (exact) mass is 440 g/mol. The first-order valence-corrected chi connectivity index (χ1v) is 11.0. The van der Waals surface area contributed by atoms with Crippen molar-refractivity contribution in [1.82, 2.24) is 9.88 Å². The van der Waals surface area contributed by atoms with E-state index in [1.807, 2.05) is 71.6 Å². The van der Waals surface area contributed by atoms with Gasteiger partial charge >= 0.3 is 0 Å². The van der Waals surface area contributed by atoms with Gasteiger partial charge in [-0.2, -0.15) is 0 Å². The van der Waals surface area contributed by atoms with Crippen LogP contribution in [0.1, 0.15) is 5.56 Å². The average molecular weight is 441 g/mol. The summed E-state index contributed by atoms with van der Waals surface area (Å²) in [5.41, 5.74) is 1.46. The van der Waals surface area contributed by atoms with E-state index < -0.39 is 0 Å². The normalized spacial score (nSPS) is 17.0. The van der Waals surface area contributed by atoms with Crippen molar-refractivity contribution in [2.24, 2.45) is 0 Å². The van der Waals surface area contributed by atoms with Crippen LogP contribution in [-0.4, -0.2) is 54.4 Å². The molecule has 1 saturated heterocycles. The van der Waals surface area contributed by atoms with Crippen molar-refractivity contribution in [2.45, 2.75) is 0 Å². The number of aromatic nitrogens is 1. The SMILES string of the molecule is O=C(CN1C(=O)C(=Cc2ccccc2)Oc2ccccc21)N1CCN(c2ccccn2)CC1. The van der Waals surface area contributed by atoms with Crippen molar-refractivity contribution >= 4 is 29.4 Å². The van der Waals surface area contributed by atoms with Crippen LogP contribution in [0.3, 0.4) is 0 Å². The lowest BCUT2D eigenvalue weighted by Crippen LogP contribution is -2.52. The Balaban J connectivity index is 1.32. The van der Waals surface area contributed by atoms with E-state index in [1.54, 1.807) is 18.3 Å². The van der Waals surface area contributed by atoms with Crippen LogP contribution in [0.25, 0.3) is 6.08 Å². The van der Waals surface area contributed by atoms with Gasteiger partial charge in [-0.05, 0) is 35.9 Å². The Kier molecular flexibility index (Phi) is 5.76. The molecule has 1 fully saturated rings. The van der Waals surface area contributed by atoms with Crippen molar-refractivity contribution < 1.29 is 14.3 Å². The number of nitrogens with zero attached hydrogens (tertiary/aromatic N) is 4. The number of ether oxygens (including phenoxy) is 1. The first kappa shape index (κ1) is 20.8. The van der Waals surface area contributed by atoms with E-state index in [4.69, 9.17) is 4.74 Å². The Labute approximate surface area is 192 Å². The van der Waals surface area contributed by atoms with Gasteiger partial charge in [0.1, 0.15) is 12.4 Å². The predicted octanol–water partition coefficient (Wildman–Crippen LogP) is 3.20. The second kappa shape index (κ2) is 9.16. The maximum Gasteiger partial charge on any atom is 0.294 e. The predicted molar refractivity (Wildman–Crippen MR) is 127 cm³/mol. The Morgan fingerprint density at radius 1 is 0.909 bits per heavy atom. The largest absolute Gasteiger partial charge is 0.449 e. The van der Waals surface area contributed by atoms with E-state index in [1.165, 1.54) is 4.90 Å². The summed E-state index contributed by atoms with van der Waals surface area (Å²) in [5.74, 6) is 1.27. The fourth-order valence-electron chi connectivity index (χ4n) is 4.08. The third-order valence-corrected chi connectivity index (χ3v) is 5.83. The van der Waals surface area contributed by atoms with Crippen LogP contribution in [0.5, 0.6) is 5.75 Å². The lowest BCUT2D eigenvalue weighted by atomic mass is 10.1. The zero-order chi connectivity index (χ0) is 22.6. The zero-order valence-electron chi connectivity index (χ0n) is 18.1. The number of amides is 2. The van der Waals surface area contributed by atoms with Crippen molar-refractivity contribution in [3.63, 3.8) is 0 Å². The maximum absolute atomic E-state index is 13.3. The van der Waals surface area contributed by atoms with Crippen molar-refractivity contribution in [2.75, 3.05) is 42.5 Å². The lowest BCUT2D eigenvalue weighted by molar-refractivity contribution is -0.131. The number of rotatable bonds is 4. The van der Waals surface area contributed by atoms with E-state index in [0.29, 0.717) is 37.6 Å². The number of piperazine rings is 1. The summed E-state index contributed by atoms with van der Waals surface area (Å²) >= 11 is 0. The lowest BCUT2D eigenvalue weighted by Gasteiger charge is -2.37. The molecule has 0 atom stereocenters. The molecule has 166 valence electrons. The fraction of sp³-hybridized carbons (Fsp3) is 0.192. The molecule has 2 aliphatic rings. The molecule has 2 aliphatic heterocycles. The van der Waals surface area contributed by atoms with E-state index >= 15 is 0 Å². The van der Waals surface area contributed by atoms with Crippen LogP contribution in [-0.2, 0) is 9.59 Å². The second-order valence-electron chi connectivity index (χ2n) is 7.94. The minimum atomic E-state index is -0.321. The van der Waals surface area contributed by atoms with Crippen LogP contribution in [0.4, 0.5) is 11.5 Å². The van der Waals surface area contributed by atoms with Crippen molar-refractivity contribution in [1.29, 1.82) is 0 Å². The number of hydrogen-bond donors (Lipinski definition) is 0. The summed E-state index contributed by atoms with van der Waals surface area (Å²) in [6.45, 7) is 2.55. The molecule has 0 bridgehead atoms. The van der Waals surface area contributed by atoms with E-state index in [2.05, 4.69) is 9.88 Å². The van der Waals surface area contributed by atoms with Gasteiger partial charge in [-0.15, -0.1) is 0 Å². The Morgan fingerprint density at radius 3 is 2.39 bits per heavy atom. The van der Waals surface area contributed by atoms with Crippen LogP contribution < -0.4 is 14.5 Å². The molecule has 3 heterocycles.